The first-order valence-corrected chi connectivity index (χ1v) is 8.73. The lowest BCUT2D eigenvalue weighted by atomic mass is 10.2. The van der Waals surface area contributed by atoms with Crippen molar-refractivity contribution in [1.29, 1.82) is 0 Å². The van der Waals surface area contributed by atoms with Crippen LogP contribution in [-0.4, -0.2) is 42.6 Å². The molecule has 11 heteroatoms. The summed E-state index contributed by atoms with van der Waals surface area (Å²) in [5, 5.41) is 25.5. The van der Waals surface area contributed by atoms with Gasteiger partial charge < -0.3 is 5.32 Å². The number of carbonyl (C=O) groups excluding carboxylic acids is 1. The first-order valence-electron chi connectivity index (χ1n) is 7.91. The van der Waals surface area contributed by atoms with Gasteiger partial charge >= 0.3 is 0 Å². The third kappa shape index (κ3) is 4.64. The number of nitro benzene ring substituents is 1. The van der Waals surface area contributed by atoms with Crippen LogP contribution in [0.5, 0.6) is 0 Å². The molecule has 1 N–H and O–H groups in total. The minimum absolute atomic E-state index is 0.180. The van der Waals surface area contributed by atoms with Gasteiger partial charge in [-0.3, -0.25) is 19.9 Å². The molecule has 1 aromatic carbocycles. The molecule has 0 saturated carbocycles. The molecule has 0 aliphatic carbocycles. The van der Waals surface area contributed by atoms with Crippen molar-refractivity contribution in [2.45, 2.75) is 16.5 Å². The van der Waals surface area contributed by atoms with E-state index in [1.165, 1.54) is 22.9 Å². The molecular weight excluding hydrogens is 370 g/mol. The zero-order valence-corrected chi connectivity index (χ0v) is 15.1. The molecule has 2 heterocycles. The van der Waals surface area contributed by atoms with Crippen LogP contribution in [-0.2, 0) is 13.5 Å². The number of nitro groups is 1. The van der Waals surface area contributed by atoms with E-state index in [2.05, 4.69) is 25.8 Å². The molecule has 10 nitrogen and oxygen atoms in total. The summed E-state index contributed by atoms with van der Waals surface area (Å²) in [5.41, 5.74) is 0.886. The molecule has 0 aliphatic rings. The molecule has 0 unspecified atom stereocenters. The molecule has 0 radical (unpaired) electrons. The van der Waals surface area contributed by atoms with Crippen molar-refractivity contribution in [2.75, 3.05) is 6.54 Å². The fraction of sp³-hybridized carbons (Fsp3) is 0.188. The van der Waals surface area contributed by atoms with E-state index in [4.69, 9.17) is 0 Å². The second-order valence-corrected chi connectivity index (χ2v) is 6.46. The largest absolute Gasteiger partial charge is 0.352 e. The predicted molar refractivity (Wildman–Crippen MR) is 96.3 cm³/mol. The maximum Gasteiger partial charge on any atom is 0.284 e. The summed E-state index contributed by atoms with van der Waals surface area (Å²) in [7, 11) is 1.64. The van der Waals surface area contributed by atoms with E-state index in [-0.39, 0.29) is 17.2 Å². The van der Waals surface area contributed by atoms with Crippen LogP contribution in [0.2, 0.25) is 0 Å². The molecule has 138 valence electrons. The highest BCUT2D eigenvalue weighted by molar-refractivity contribution is 7.99. The fourth-order valence-corrected chi connectivity index (χ4v) is 3.06. The summed E-state index contributed by atoms with van der Waals surface area (Å²) in [6.07, 6.45) is 2.26. The van der Waals surface area contributed by atoms with Crippen LogP contribution in [0.1, 0.15) is 16.1 Å². The summed E-state index contributed by atoms with van der Waals surface area (Å²) in [6.45, 7) is 0.380. The molecule has 0 fully saturated rings. The molecule has 0 spiro atoms. The summed E-state index contributed by atoms with van der Waals surface area (Å²) in [5.74, 6) is -0.383. The van der Waals surface area contributed by atoms with Gasteiger partial charge in [-0.15, -0.1) is 5.10 Å². The van der Waals surface area contributed by atoms with Gasteiger partial charge in [0.25, 0.3) is 11.6 Å². The van der Waals surface area contributed by atoms with Crippen LogP contribution < -0.4 is 5.32 Å². The highest BCUT2D eigenvalue weighted by Gasteiger charge is 2.20. The van der Waals surface area contributed by atoms with Crippen molar-refractivity contribution in [3.63, 3.8) is 0 Å². The second-order valence-electron chi connectivity index (χ2n) is 5.45. The number of aromatic nitrogens is 5. The lowest BCUT2D eigenvalue weighted by molar-refractivity contribution is -0.387. The molecule has 3 aromatic rings. The van der Waals surface area contributed by atoms with Gasteiger partial charge in [-0.1, -0.05) is 6.07 Å². The van der Waals surface area contributed by atoms with Crippen LogP contribution >= 0.6 is 11.8 Å². The summed E-state index contributed by atoms with van der Waals surface area (Å²) in [4.78, 5) is 27.7. The van der Waals surface area contributed by atoms with Gasteiger partial charge in [0, 0.05) is 43.5 Å². The molecule has 1 amide bonds. The molecule has 0 saturated heterocycles. The van der Waals surface area contributed by atoms with Crippen molar-refractivity contribution in [2.24, 2.45) is 7.05 Å². The average Bonchev–Trinajstić information content (AvgIpc) is 3.07. The zero-order valence-electron chi connectivity index (χ0n) is 14.3. The Bertz CT molecular complexity index is 962. The van der Waals surface area contributed by atoms with E-state index in [0.29, 0.717) is 23.0 Å². The van der Waals surface area contributed by atoms with Crippen LogP contribution in [0.3, 0.4) is 0 Å². The molecule has 27 heavy (non-hydrogen) atoms. The van der Waals surface area contributed by atoms with Gasteiger partial charge in [-0.05, 0) is 46.5 Å². The maximum absolute atomic E-state index is 12.3. The number of aryl methyl sites for hydroxylation is 1. The number of nitrogens with zero attached hydrogens (tertiary/aromatic N) is 6. The Kier molecular flexibility index (Phi) is 5.71. The van der Waals surface area contributed by atoms with Crippen LogP contribution in [0.25, 0.3) is 0 Å². The summed E-state index contributed by atoms with van der Waals surface area (Å²) < 4.78 is 1.41. The minimum Gasteiger partial charge on any atom is -0.352 e. The van der Waals surface area contributed by atoms with Gasteiger partial charge in [0.05, 0.1) is 9.82 Å². The van der Waals surface area contributed by atoms with Gasteiger partial charge in [0.2, 0.25) is 5.16 Å². The average molecular weight is 385 g/mol. The number of hydrogen-bond donors (Lipinski definition) is 1. The summed E-state index contributed by atoms with van der Waals surface area (Å²) in [6, 6.07) is 9.86. The molecule has 0 aliphatic heterocycles. The Morgan fingerprint density at radius 1 is 1.33 bits per heavy atom. The highest BCUT2D eigenvalue weighted by Crippen LogP contribution is 2.33. The normalized spacial score (nSPS) is 10.6. The smallest absolute Gasteiger partial charge is 0.284 e. The van der Waals surface area contributed by atoms with Gasteiger partial charge in [0.15, 0.2) is 0 Å². The number of benzene rings is 1. The first kappa shape index (κ1) is 18.5. The van der Waals surface area contributed by atoms with Crippen molar-refractivity contribution < 1.29 is 9.72 Å². The van der Waals surface area contributed by atoms with Crippen molar-refractivity contribution >= 4 is 23.4 Å². The van der Waals surface area contributed by atoms with Crippen LogP contribution in [0, 0.1) is 10.1 Å². The quantitative estimate of drug-likeness (QED) is 0.480. The maximum atomic E-state index is 12.3. The number of pyridine rings is 1. The Morgan fingerprint density at radius 2 is 2.19 bits per heavy atom. The Labute approximate surface area is 158 Å². The molecule has 3 rings (SSSR count). The van der Waals surface area contributed by atoms with Crippen molar-refractivity contribution in [3.8, 4) is 0 Å². The SMILES string of the molecule is Cn1nnnc1Sc1ccc(C(=O)NCCc2ccccn2)cc1[N+](=O)[O-]. The van der Waals surface area contributed by atoms with E-state index >= 15 is 0 Å². The number of carbonyl (C=O) groups is 1. The number of tetrazole rings is 1. The third-order valence-electron chi connectivity index (χ3n) is 3.59. The van der Waals surface area contributed by atoms with E-state index in [0.717, 1.165) is 17.5 Å². The summed E-state index contributed by atoms with van der Waals surface area (Å²) >= 11 is 1.06. The van der Waals surface area contributed by atoms with Crippen molar-refractivity contribution in [3.05, 3.63) is 64.0 Å². The fourth-order valence-electron chi connectivity index (χ4n) is 2.25. The standard InChI is InChI=1S/C16H15N7O3S/c1-22-16(19-20-21-22)27-14-6-5-11(10-13(14)23(25)26)15(24)18-9-7-12-4-2-3-8-17-12/h2-6,8,10H,7,9H2,1H3,(H,18,24). The Morgan fingerprint density at radius 3 is 2.85 bits per heavy atom. The van der Waals surface area contributed by atoms with Crippen molar-refractivity contribution in [1.82, 2.24) is 30.5 Å². The molecule has 0 bridgehead atoms. The molecular formula is C16H15N7O3S. The van der Waals surface area contributed by atoms with E-state index in [9.17, 15) is 14.9 Å². The topological polar surface area (TPSA) is 129 Å². The third-order valence-corrected chi connectivity index (χ3v) is 4.69. The molecule has 2 aromatic heterocycles. The highest BCUT2D eigenvalue weighted by atomic mass is 32.2. The lowest BCUT2D eigenvalue weighted by Gasteiger charge is -2.07. The lowest BCUT2D eigenvalue weighted by Crippen LogP contribution is -2.26. The van der Waals surface area contributed by atoms with Crippen LogP contribution in [0.4, 0.5) is 5.69 Å². The first-order chi connectivity index (χ1) is 13.0. The predicted octanol–water partition coefficient (Wildman–Crippen LogP) is 1.64. The van der Waals surface area contributed by atoms with Crippen LogP contribution in [0.15, 0.2) is 52.6 Å². The van der Waals surface area contributed by atoms with Gasteiger partial charge in [0.1, 0.15) is 0 Å². The van der Waals surface area contributed by atoms with E-state index in [1.807, 2.05) is 18.2 Å². The monoisotopic (exact) mass is 385 g/mol. The number of nitrogens with one attached hydrogen (secondary N) is 1. The van der Waals surface area contributed by atoms with E-state index in [1.54, 1.807) is 13.2 Å². The number of rotatable bonds is 7. The molecule has 0 atom stereocenters. The van der Waals surface area contributed by atoms with Gasteiger partial charge in [-0.25, -0.2) is 4.68 Å². The Hall–Kier alpha value is -3.34. The minimum atomic E-state index is -0.531. The number of amides is 1. The Balaban J connectivity index is 1.70. The number of hydrogen-bond acceptors (Lipinski definition) is 8. The van der Waals surface area contributed by atoms with E-state index < -0.39 is 4.92 Å². The zero-order chi connectivity index (χ0) is 19.2. The second kappa shape index (κ2) is 8.36. The van der Waals surface area contributed by atoms with Gasteiger partial charge in [-0.2, -0.15) is 0 Å².